The number of benzene rings is 2. The third-order valence-corrected chi connectivity index (χ3v) is 6.73. The summed E-state index contributed by atoms with van der Waals surface area (Å²) in [5.74, 6) is 1.98. The molecule has 2 aromatic heterocycles. The maximum absolute atomic E-state index is 5.32. The Morgan fingerprint density at radius 3 is 2.14 bits per heavy atom. The number of aromatic nitrogens is 3. The van der Waals surface area contributed by atoms with Crippen molar-refractivity contribution in [3.8, 4) is 22.6 Å². The van der Waals surface area contributed by atoms with Gasteiger partial charge in [0.15, 0.2) is 0 Å². The summed E-state index contributed by atoms with van der Waals surface area (Å²) < 4.78 is 2.49. The summed E-state index contributed by atoms with van der Waals surface area (Å²) in [4.78, 5) is 9.90. The molecule has 4 rings (SSSR count). The number of imidazole rings is 1. The first-order chi connectivity index (χ1) is 18.2. The zero-order valence-electron chi connectivity index (χ0n) is 22.6. The van der Waals surface area contributed by atoms with Crippen LogP contribution in [0.25, 0.3) is 22.6 Å². The van der Waals surface area contributed by atoms with Gasteiger partial charge in [-0.3, -0.25) is 0 Å². The fraction of sp³-hybridized carbons (Fsp3) is 0.375. The van der Waals surface area contributed by atoms with Gasteiger partial charge in [-0.2, -0.15) is 0 Å². The van der Waals surface area contributed by atoms with Crippen molar-refractivity contribution < 1.29 is 0 Å². The standard InChI is InChI=1S/C32H41N5/c1-4-7-19-28(34-23-25-20-21-29(33-6-3)35-24-25)31-30(26-15-11-9-12-16-26)36-32(37(31)22-8-5-2)27-17-13-10-14-18-27/h9-18,20-21,24,28,34H,4-8,19,22-23H2,1-3H3,(H,33,35). The fourth-order valence-corrected chi connectivity index (χ4v) is 4.78. The average Bonchev–Trinajstić information content (AvgIpc) is 3.33. The van der Waals surface area contributed by atoms with Gasteiger partial charge in [-0.1, -0.05) is 99.8 Å². The third kappa shape index (κ3) is 6.86. The first kappa shape index (κ1) is 26.6. The van der Waals surface area contributed by atoms with Crippen LogP contribution in [0.5, 0.6) is 0 Å². The van der Waals surface area contributed by atoms with Crippen LogP contribution in [0, 0.1) is 0 Å². The number of nitrogens with zero attached hydrogens (tertiary/aromatic N) is 3. The molecule has 0 saturated heterocycles. The van der Waals surface area contributed by atoms with Gasteiger partial charge in [0.1, 0.15) is 11.6 Å². The highest BCUT2D eigenvalue weighted by molar-refractivity contribution is 5.69. The van der Waals surface area contributed by atoms with Gasteiger partial charge in [0, 0.05) is 37.0 Å². The highest BCUT2D eigenvalue weighted by atomic mass is 15.1. The largest absolute Gasteiger partial charge is 0.370 e. The van der Waals surface area contributed by atoms with Gasteiger partial charge in [-0.05, 0) is 31.4 Å². The van der Waals surface area contributed by atoms with E-state index in [1.807, 2.05) is 6.20 Å². The summed E-state index contributed by atoms with van der Waals surface area (Å²) in [6, 6.07) is 25.7. The zero-order valence-corrected chi connectivity index (χ0v) is 22.6. The van der Waals surface area contributed by atoms with Crippen LogP contribution in [0.15, 0.2) is 79.0 Å². The summed E-state index contributed by atoms with van der Waals surface area (Å²) in [7, 11) is 0. The van der Waals surface area contributed by atoms with Crippen molar-refractivity contribution in [2.24, 2.45) is 0 Å². The van der Waals surface area contributed by atoms with Crippen LogP contribution in [-0.4, -0.2) is 21.1 Å². The maximum atomic E-state index is 5.32. The Bertz CT molecular complexity index is 1200. The van der Waals surface area contributed by atoms with Gasteiger partial charge >= 0.3 is 0 Å². The zero-order chi connectivity index (χ0) is 25.9. The first-order valence-corrected chi connectivity index (χ1v) is 13.9. The molecule has 2 heterocycles. The van der Waals surface area contributed by atoms with Gasteiger partial charge in [0.2, 0.25) is 0 Å². The summed E-state index contributed by atoms with van der Waals surface area (Å²) in [6.07, 6.45) is 7.61. The van der Waals surface area contributed by atoms with E-state index in [2.05, 4.69) is 114 Å². The third-order valence-electron chi connectivity index (χ3n) is 6.73. The molecule has 0 amide bonds. The summed E-state index contributed by atoms with van der Waals surface area (Å²) >= 11 is 0. The number of anilines is 1. The van der Waals surface area contributed by atoms with Crippen molar-refractivity contribution in [2.45, 2.75) is 72.0 Å². The molecule has 0 bridgehead atoms. The van der Waals surface area contributed by atoms with E-state index in [4.69, 9.17) is 4.98 Å². The molecule has 5 heteroatoms. The van der Waals surface area contributed by atoms with Crippen LogP contribution < -0.4 is 10.6 Å². The van der Waals surface area contributed by atoms with Crippen LogP contribution in [0.2, 0.25) is 0 Å². The van der Waals surface area contributed by atoms with Gasteiger partial charge in [-0.25, -0.2) is 9.97 Å². The molecule has 0 fully saturated rings. The lowest BCUT2D eigenvalue weighted by Gasteiger charge is -2.23. The molecular weight excluding hydrogens is 454 g/mol. The maximum Gasteiger partial charge on any atom is 0.140 e. The number of rotatable bonds is 14. The Hall–Kier alpha value is -3.44. The molecule has 0 aliphatic rings. The Morgan fingerprint density at radius 1 is 0.811 bits per heavy atom. The molecule has 5 nitrogen and oxygen atoms in total. The molecule has 2 aromatic carbocycles. The lowest BCUT2D eigenvalue weighted by Crippen LogP contribution is -2.25. The van der Waals surface area contributed by atoms with E-state index in [1.54, 1.807) is 0 Å². The lowest BCUT2D eigenvalue weighted by atomic mass is 10.0. The first-order valence-electron chi connectivity index (χ1n) is 13.9. The number of hydrogen-bond acceptors (Lipinski definition) is 4. The van der Waals surface area contributed by atoms with Crippen LogP contribution in [0.1, 0.15) is 70.2 Å². The molecular formula is C32H41N5. The molecule has 4 aromatic rings. The van der Waals surface area contributed by atoms with Crippen molar-refractivity contribution >= 4 is 5.82 Å². The molecule has 194 valence electrons. The Balaban J connectivity index is 1.77. The lowest BCUT2D eigenvalue weighted by molar-refractivity contribution is 0.449. The Labute approximate surface area is 222 Å². The summed E-state index contributed by atoms with van der Waals surface area (Å²) in [5.41, 5.74) is 5.91. The Morgan fingerprint density at radius 2 is 1.51 bits per heavy atom. The fourth-order valence-electron chi connectivity index (χ4n) is 4.78. The second kappa shape index (κ2) is 13.8. The molecule has 0 radical (unpaired) electrons. The minimum Gasteiger partial charge on any atom is -0.370 e. The quantitative estimate of drug-likeness (QED) is 0.187. The van der Waals surface area contributed by atoms with Gasteiger partial charge in [0.05, 0.1) is 17.4 Å². The highest BCUT2D eigenvalue weighted by Gasteiger charge is 2.25. The van der Waals surface area contributed by atoms with E-state index in [0.29, 0.717) is 0 Å². The van der Waals surface area contributed by atoms with Crippen molar-refractivity contribution in [1.82, 2.24) is 19.9 Å². The van der Waals surface area contributed by atoms with Crippen molar-refractivity contribution in [1.29, 1.82) is 0 Å². The molecule has 0 aliphatic carbocycles. The number of hydrogen-bond donors (Lipinski definition) is 2. The Kier molecular flexibility index (Phi) is 9.89. The molecule has 2 N–H and O–H groups in total. The van der Waals surface area contributed by atoms with E-state index >= 15 is 0 Å². The minimum absolute atomic E-state index is 0.186. The normalized spacial score (nSPS) is 12.0. The SMILES string of the molecule is CCCCC(NCc1ccc(NCC)nc1)c1c(-c2ccccc2)nc(-c2ccccc2)n1CCCC. The van der Waals surface area contributed by atoms with Crippen molar-refractivity contribution in [3.63, 3.8) is 0 Å². The molecule has 1 atom stereocenters. The van der Waals surface area contributed by atoms with Gasteiger partial charge < -0.3 is 15.2 Å². The summed E-state index contributed by atoms with van der Waals surface area (Å²) in [5, 5.41) is 7.19. The van der Waals surface area contributed by atoms with E-state index in [9.17, 15) is 0 Å². The minimum atomic E-state index is 0.186. The van der Waals surface area contributed by atoms with E-state index in [1.165, 1.54) is 22.4 Å². The predicted octanol–water partition coefficient (Wildman–Crippen LogP) is 7.87. The molecule has 37 heavy (non-hydrogen) atoms. The second-order valence-corrected chi connectivity index (χ2v) is 9.56. The van der Waals surface area contributed by atoms with E-state index < -0.39 is 0 Å². The van der Waals surface area contributed by atoms with E-state index in [0.717, 1.165) is 69.1 Å². The van der Waals surface area contributed by atoms with Crippen LogP contribution in [-0.2, 0) is 13.1 Å². The number of unbranched alkanes of at least 4 members (excludes halogenated alkanes) is 2. The smallest absolute Gasteiger partial charge is 0.140 e. The molecule has 0 aliphatic heterocycles. The predicted molar refractivity (Wildman–Crippen MR) is 156 cm³/mol. The molecule has 1 unspecified atom stereocenters. The monoisotopic (exact) mass is 495 g/mol. The number of pyridine rings is 1. The van der Waals surface area contributed by atoms with Crippen LogP contribution in [0.4, 0.5) is 5.82 Å². The molecule has 0 saturated carbocycles. The van der Waals surface area contributed by atoms with Gasteiger partial charge in [0.25, 0.3) is 0 Å². The average molecular weight is 496 g/mol. The number of nitrogens with one attached hydrogen (secondary N) is 2. The van der Waals surface area contributed by atoms with Crippen LogP contribution >= 0.6 is 0 Å². The second-order valence-electron chi connectivity index (χ2n) is 9.56. The van der Waals surface area contributed by atoms with Crippen molar-refractivity contribution in [2.75, 3.05) is 11.9 Å². The van der Waals surface area contributed by atoms with E-state index in [-0.39, 0.29) is 6.04 Å². The van der Waals surface area contributed by atoms with Gasteiger partial charge in [-0.15, -0.1) is 0 Å². The van der Waals surface area contributed by atoms with Crippen molar-refractivity contribution in [3.05, 3.63) is 90.3 Å². The van der Waals surface area contributed by atoms with Crippen LogP contribution in [0.3, 0.4) is 0 Å². The topological polar surface area (TPSA) is 54.8 Å². The molecule has 0 spiro atoms. The summed E-state index contributed by atoms with van der Waals surface area (Å²) in [6.45, 7) is 9.21. The highest BCUT2D eigenvalue weighted by Crippen LogP contribution is 2.35.